The van der Waals surface area contributed by atoms with Gasteiger partial charge in [0.15, 0.2) is 0 Å². The number of likely N-dealkylation sites (tertiary alicyclic amines) is 1. The summed E-state index contributed by atoms with van der Waals surface area (Å²) in [6.45, 7) is 1.33. The fourth-order valence-electron chi connectivity index (χ4n) is 1.91. The first-order chi connectivity index (χ1) is 8.15. The highest BCUT2D eigenvalue weighted by Gasteiger charge is 2.31. The molecular formula is C12H16N2O3. The van der Waals surface area contributed by atoms with E-state index in [-0.39, 0.29) is 18.4 Å². The molecule has 1 aromatic carbocycles. The minimum atomic E-state index is -0.0773. The molecule has 92 valence electrons. The summed E-state index contributed by atoms with van der Waals surface area (Å²) in [5, 5.41) is 8.91. The molecule has 1 aliphatic rings. The number of hydrogen-bond acceptors (Lipinski definition) is 4. The molecule has 0 aromatic heterocycles. The molecular weight excluding hydrogens is 220 g/mol. The second kappa shape index (κ2) is 4.63. The van der Waals surface area contributed by atoms with Gasteiger partial charge in [-0.2, -0.15) is 0 Å². The largest absolute Gasteiger partial charge is 0.496 e. The molecule has 17 heavy (non-hydrogen) atoms. The Hall–Kier alpha value is -1.75. The predicted molar refractivity (Wildman–Crippen MR) is 63.9 cm³/mol. The summed E-state index contributed by atoms with van der Waals surface area (Å²) in [6, 6.07) is 4.98. The molecule has 1 heterocycles. The van der Waals surface area contributed by atoms with Gasteiger partial charge in [0.05, 0.1) is 12.7 Å². The van der Waals surface area contributed by atoms with Crippen molar-refractivity contribution in [3.8, 4) is 5.75 Å². The maximum atomic E-state index is 12.1. The molecule has 0 unspecified atom stereocenters. The second-order valence-electron chi connectivity index (χ2n) is 4.22. The number of rotatable bonds is 3. The average molecular weight is 236 g/mol. The van der Waals surface area contributed by atoms with Crippen LogP contribution in [0.3, 0.4) is 0 Å². The summed E-state index contributed by atoms with van der Waals surface area (Å²) in [5.41, 5.74) is 6.71. The zero-order valence-electron chi connectivity index (χ0n) is 9.72. The van der Waals surface area contributed by atoms with Crippen LogP contribution in [0.1, 0.15) is 10.4 Å². The van der Waals surface area contributed by atoms with Crippen molar-refractivity contribution < 1.29 is 14.6 Å². The topological polar surface area (TPSA) is 75.8 Å². The van der Waals surface area contributed by atoms with Crippen LogP contribution in [0.25, 0.3) is 0 Å². The van der Waals surface area contributed by atoms with Gasteiger partial charge in [-0.15, -0.1) is 0 Å². The van der Waals surface area contributed by atoms with Crippen LogP contribution in [0, 0.1) is 5.92 Å². The summed E-state index contributed by atoms with van der Waals surface area (Å²) < 4.78 is 5.14. The van der Waals surface area contributed by atoms with Crippen molar-refractivity contribution in [2.75, 3.05) is 32.5 Å². The van der Waals surface area contributed by atoms with Crippen LogP contribution in [0.5, 0.6) is 5.75 Å². The minimum Gasteiger partial charge on any atom is -0.496 e. The van der Waals surface area contributed by atoms with Crippen molar-refractivity contribution in [1.29, 1.82) is 0 Å². The summed E-state index contributed by atoms with van der Waals surface area (Å²) in [5.74, 6) is 0.618. The predicted octanol–water partition coefficient (Wildman–Crippen LogP) is 0.342. The zero-order chi connectivity index (χ0) is 12.4. The van der Waals surface area contributed by atoms with Crippen LogP contribution in [0.2, 0.25) is 0 Å². The first kappa shape index (κ1) is 11.7. The van der Waals surface area contributed by atoms with E-state index in [1.54, 1.807) is 23.1 Å². The van der Waals surface area contributed by atoms with Crippen molar-refractivity contribution in [1.82, 2.24) is 4.90 Å². The molecule has 0 radical (unpaired) electrons. The van der Waals surface area contributed by atoms with E-state index in [9.17, 15) is 4.79 Å². The van der Waals surface area contributed by atoms with Gasteiger partial charge >= 0.3 is 0 Å². The van der Waals surface area contributed by atoms with E-state index in [0.29, 0.717) is 30.1 Å². The van der Waals surface area contributed by atoms with Gasteiger partial charge in [0.1, 0.15) is 5.75 Å². The molecule has 3 N–H and O–H groups in total. The van der Waals surface area contributed by atoms with Crippen LogP contribution in [-0.2, 0) is 0 Å². The molecule has 1 aromatic rings. The number of anilines is 1. The lowest BCUT2D eigenvalue weighted by atomic mass is 9.99. The Morgan fingerprint density at radius 2 is 2.29 bits per heavy atom. The third-order valence-corrected chi connectivity index (χ3v) is 2.96. The quantitative estimate of drug-likeness (QED) is 0.742. The molecule has 0 atom stereocenters. The summed E-state index contributed by atoms with van der Waals surface area (Å²) in [7, 11) is 1.51. The van der Waals surface area contributed by atoms with Crippen molar-refractivity contribution in [3.05, 3.63) is 23.8 Å². The Labute approximate surface area is 99.8 Å². The van der Waals surface area contributed by atoms with Crippen LogP contribution < -0.4 is 10.5 Å². The van der Waals surface area contributed by atoms with Crippen LogP contribution in [0.4, 0.5) is 5.69 Å². The fourth-order valence-corrected chi connectivity index (χ4v) is 1.91. The monoisotopic (exact) mass is 236 g/mol. The Balaban J connectivity index is 2.14. The number of carbonyl (C=O) groups excluding carboxylic acids is 1. The first-order valence-corrected chi connectivity index (χ1v) is 5.49. The van der Waals surface area contributed by atoms with Gasteiger partial charge in [-0.25, -0.2) is 0 Å². The smallest absolute Gasteiger partial charge is 0.257 e. The van der Waals surface area contributed by atoms with E-state index in [1.807, 2.05) is 0 Å². The third-order valence-electron chi connectivity index (χ3n) is 2.96. The highest BCUT2D eigenvalue weighted by molar-refractivity contribution is 5.97. The van der Waals surface area contributed by atoms with E-state index < -0.39 is 0 Å². The molecule has 1 saturated heterocycles. The number of aliphatic hydroxyl groups is 1. The molecule has 5 heteroatoms. The zero-order valence-corrected chi connectivity index (χ0v) is 9.72. The Bertz CT molecular complexity index is 428. The van der Waals surface area contributed by atoms with Crippen LogP contribution in [-0.4, -0.2) is 42.7 Å². The van der Waals surface area contributed by atoms with Crippen LogP contribution >= 0.6 is 0 Å². The minimum absolute atomic E-state index is 0.0773. The van der Waals surface area contributed by atoms with Crippen molar-refractivity contribution >= 4 is 11.6 Å². The molecule has 0 saturated carbocycles. The van der Waals surface area contributed by atoms with E-state index in [4.69, 9.17) is 15.6 Å². The SMILES string of the molecule is COc1cc(N)ccc1C(=O)N1CC(CO)C1. The molecule has 0 aliphatic carbocycles. The first-order valence-electron chi connectivity index (χ1n) is 5.49. The van der Waals surface area contributed by atoms with Crippen molar-refractivity contribution in [3.63, 3.8) is 0 Å². The van der Waals surface area contributed by atoms with Gasteiger partial charge in [-0.05, 0) is 12.1 Å². The maximum Gasteiger partial charge on any atom is 0.257 e. The Kier molecular flexibility index (Phi) is 3.19. The Morgan fingerprint density at radius 1 is 1.59 bits per heavy atom. The van der Waals surface area contributed by atoms with Crippen molar-refractivity contribution in [2.45, 2.75) is 0 Å². The molecule has 0 spiro atoms. The number of amides is 1. The highest BCUT2D eigenvalue weighted by Crippen LogP contribution is 2.26. The number of nitrogens with zero attached hydrogens (tertiary/aromatic N) is 1. The average Bonchev–Trinajstić information content (AvgIpc) is 2.27. The third kappa shape index (κ3) is 2.19. The fraction of sp³-hybridized carbons (Fsp3) is 0.417. The number of hydrogen-bond donors (Lipinski definition) is 2. The number of carbonyl (C=O) groups is 1. The van der Waals surface area contributed by atoms with Gasteiger partial charge in [0.2, 0.25) is 0 Å². The normalized spacial score (nSPS) is 15.5. The van der Waals surface area contributed by atoms with Gasteiger partial charge < -0.3 is 20.5 Å². The number of ether oxygens (including phenoxy) is 1. The van der Waals surface area contributed by atoms with Crippen LogP contribution in [0.15, 0.2) is 18.2 Å². The van der Waals surface area contributed by atoms with Gasteiger partial charge in [0, 0.05) is 37.4 Å². The van der Waals surface area contributed by atoms with E-state index >= 15 is 0 Å². The van der Waals surface area contributed by atoms with Gasteiger partial charge in [0.25, 0.3) is 5.91 Å². The van der Waals surface area contributed by atoms with Crippen molar-refractivity contribution in [2.24, 2.45) is 5.92 Å². The molecule has 5 nitrogen and oxygen atoms in total. The summed E-state index contributed by atoms with van der Waals surface area (Å²) in [4.78, 5) is 13.8. The number of benzene rings is 1. The van der Waals surface area contributed by atoms with E-state index in [1.165, 1.54) is 7.11 Å². The number of methoxy groups -OCH3 is 1. The lowest BCUT2D eigenvalue weighted by Gasteiger charge is -2.38. The molecule has 1 aliphatic heterocycles. The number of aliphatic hydroxyl groups excluding tert-OH is 1. The maximum absolute atomic E-state index is 12.1. The van der Waals surface area contributed by atoms with Gasteiger partial charge in [-0.3, -0.25) is 4.79 Å². The molecule has 2 rings (SSSR count). The van der Waals surface area contributed by atoms with E-state index in [2.05, 4.69) is 0 Å². The van der Waals surface area contributed by atoms with E-state index in [0.717, 1.165) is 0 Å². The lowest BCUT2D eigenvalue weighted by molar-refractivity contribution is 0.0359. The number of nitrogen functional groups attached to an aromatic ring is 1. The standard InChI is InChI=1S/C12H16N2O3/c1-17-11-4-9(13)2-3-10(11)12(16)14-5-8(6-14)7-15/h2-4,8,15H,5-7,13H2,1H3. The number of nitrogens with two attached hydrogens (primary N) is 1. The summed E-state index contributed by atoms with van der Waals surface area (Å²) >= 11 is 0. The molecule has 1 fully saturated rings. The second-order valence-corrected chi connectivity index (χ2v) is 4.22. The highest BCUT2D eigenvalue weighted by atomic mass is 16.5. The lowest BCUT2D eigenvalue weighted by Crippen LogP contribution is -2.51. The molecule has 1 amide bonds. The Morgan fingerprint density at radius 3 is 2.88 bits per heavy atom. The summed E-state index contributed by atoms with van der Waals surface area (Å²) in [6.07, 6.45) is 0. The molecule has 0 bridgehead atoms. The van der Waals surface area contributed by atoms with Gasteiger partial charge in [-0.1, -0.05) is 0 Å².